The van der Waals surface area contributed by atoms with E-state index < -0.39 is 5.41 Å². The van der Waals surface area contributed by atoms with Gasteiger partial charge < -0.3 is 4.90 Å². The Bertz CT molecular complexity index is 724. The maximum atomic E-state index is 12.3. The number of aromatic nitrogens is 2. The van der Waals surface area contributed by atoms with Crippen LogP contribution in [0, 0.1) is 6.92 Å². The van der Waals surface area contributed by atoms with Crippen molar-refractivity contribution in [1.82, 2.24) is 9.97 Å². The molecule has 1 amide bonds. The molecule has 3 rings (SSSR count). The van der Waals surface area contributed by atoms with Crippen molar-refractivity contribution in [3.63, 3.8) is 0 Å². The van der Waals surface area contributed by atoms with Crippen molar-refractivity contribution >= 4 is 34.1 Å². The van der Waals surface area contributed by atoms with Crippen LogP contribution in [0.15, 0.2) is 12.1 Å². The smallest absolute Gasteiger partial charge is 0.236 e. The lowest BCUT2D eigenvalue weighted by Gasteiger charge is -2.16. The molecule has 0 fully saturated rings. The van der Waals surface area contributed by atoms with Crippen LogP contribution >= 0.6 is 11.6 Å². The van der Waals surface area contributed by atoms with Crippen LogP contribution in [-0.4, -0.2) is 22.9 Å². The lowest BCUT2D eigenvalue weighted by Crippen LogP contribution is -2.33. The van der Waals surface area contributed by atoms with Crippen LogP contribution in [0.5, 0.6) is 0 Å². The normalized spacial score (nSPS) is 17.1. The van der Waals surface area contributed by atoms with Gasteiger partial charge in [0.25, 0.3) is 0 Å². The third-order valence-corrected chi connectivity index (χ3v) is 4.04. The molecule has 0 atom stereocenters. The zero-order chi connectivity index (χ0) is 13.9. The number of fused-ring (bicyclic) bond motifs is 2. The van der Waals surface area contributed by atoms with Gasteiger partial charge in [-0.2, -0.15) is 0 Å². The number of hydrogen-bond donors (Lipinski definition) is 0. The molecule has 1 aromatic carbocycles. The number of aryl methyl sites for hydroxylation is 1. The molecule has 98 valence electrons. The minimum absolute atomic E-state index is 0.0820. The van der Waals surface area contributed by atoms with Crippen molar-refractivity contribution in [3.8, 4) is 0 Å². The van der Waals surface area contributed by atoms with E-state index in [-0.39, 0.29) is 5.91 Å². The Balaban J connectivity index is 2.40. The Kier molecular flexibility index (Phi) is 2.39. The van der Waals surface area contributed by atoms with Crippen LogP contribution in [0.3, 0.4) is 0 Å². The molecule has 0 saturated carbocycles. The summed E-state index contributed by atoms with van der Waals surface area (Å²) in [7, 11) is 1.79. The summed E-state index contributed by atoms with van der Waals surface area (Å²) in [5.41, 5.74) is 2.11. The molecule has 2 heterocycles. The molecule has 19 heavy (non-hydrogen) atoms. The third kappa shape index (κ3) is 1.56. The Morgan fingerprint density at radius 3 is 2.63 bits per heavy atom. The van der Waals surface area contributed by atoms with E-state index in [0.29, 0.717) is 11.0 Å². The quantitative estimate of drug-likeness (QED) is 0.695. The number of halogens is 1. The number of amides is 1. The van der Waals surface area contributed by atoms with E-state index in [4.69, 9.17) is 11.6 Å². The molecule has 0 spiro atoms. The fraction of sp³-hybridized carbons (Fsp3) is 0.357. The van der Waals surface area contributed by atoms with Crippen LogP contribution in [0.25, 0.3) is 10.9 Å². The average Bonchev–Trinajstić information content (AvgIpc) is 2.49. The van der Waals surface area contributed by atoms with Crippen molar-refractivity contribution < 1.29 is 4.79 Å². The van der Waals surface area contributed by atoms with E-state index in [2.05, 4.69) is 9.97 Å². The van der Waals surface area contributed by atoms with Crippen molar-refractivity contribution in [3.05, 3.63) is 28.7 Å². The number of hydrogen-bond acceptors (Lipinski definition) is 3. The number of anilines is 1. The lowest BCUT2D eigenvalue weighted by atomic mass is 9.85. The van der Waals surface area contributed by atoms with Crippen LogP contribution < -0.4 is 4.90 Å². The zero-order valence-electron chi connectivity index (χ0n) is 11.3. The average molecular weight is 276 g/mol. The number of benzene rings is 1. The number of likely N-dealkylation sites (N-methyl/N-ethyl adjacent to an activating group) is 1. The fourth-order valence-electron chi connectivity index (χ4n) is 2.66. The molecule has 4 nitrogen and oxygen atoms in total. The predicted octanol–water partition coefficient (Wildman–Crippen LogP) is 2.85. The third-order valence-electron chi connectivity index (χ3n) is 3.75. The zero-order valence-corrected chi connectivity index (χ0v) is 12.0. The van der Waals surface area contributed by atoms with E-state index in [1.807, 2.05) is 26.0 Å². The molecule has 0 bridgehead atoms. The minimum atomic E-state index is -0.535. The molecule has 1 aliphatic heterocycles. The van der Waals surface area contributed by atoms with Gasteiger partial charge in [0.15, 0.2) is 0 Å². The molecule has 5 heteroatoms. The number of rotatable bonds is 0. The summed E-state index contributed by atoms with van der Waals surface area (Å²) in [5, 5.41) is 1.23. The van der Waals surface area contributed by atoms with Gasteiger partial charge in [0.1, 0.15) is 11.0 Å². The highest BCUT2D eigenvalue weighted by Crippen LogP contribution is 2.43. The highest BCUT2D eigenvalue weighted by atomic mass is 35.5. The van der Waals surface area contributed by atoms with Crippen LogP contribution in [-0.2, 0) is 10.2 Å². The molecule has 2 aromatic rings. The van der Waals surface area contributed by atoms with E-state index >= 15 is 0 Å². The van der Waals surface area contributed by atoms with E-state index in [9.17, 15) is 4.79 Å². The van der Waals surface area contributed by atoms with Gasteiger partial charge in [0.2, 0.25) is 5.91 Å². The summed E-state index contributed by atoms with van der Waals surface area (Å²) >= 11 is 6.18. The largest absolute Gasteiger partial charge is 0.314 e. The van der Waals surface area contributed by atoms with Crippen molar-refractivity contribution in [2.75, 3.05) is 11.9 Å². The van der Waals surface area contributed by atoms with Gasteiger partial charge >= 0.3 is 0 Å². The van der Waals surface area contributed by atoms with Crippen LogP contribution in [0.2, 0.25) is 5.15 Å². The van der Waals surface area contributed by atoms with E-state index in [0.717, 1.165) is 22.2 Å². The Hall–Kier alpha value is -1.68. The summed E-state index contributed by atoms with van der Waals surface area (Å²) in [6.45, 7) is 5.65. The van der Waals surface area contributed by atoms with Crippen molar-refractivity contribution in [1.29, 1.82) is 0 Å². The SMILES string of the molecule is Cc1nc(Cl)c2cc3c(cc2n1)N(C)C(=O)C3(C)C. The first-order valence-corrected chi connectivity index (χ1v) is 6.46. The van der Waals surface area contributed by atoms with Crippen molar-refractivity contribution in [2.24, 2.45) is 0 Å². The molecule has 1 aliphatic rings. The number of nitrogens with zero attached hydrogens (tertiary/aromatic N) is 3. The molecule has 0 saturated heterocycles. The standard InChI is InChI=1S/C14H14ClN3O/c1-7-16-10-6-11-9(5-8(10)12(15)17-7)14(2,3)13(19)18(11)4/h5-6H,1-4H3. The molecule has 0 unspecified atom stereocenters. The first-order chi connectivity index (χ1) is 8.82. The number of carbonyl (C=O) groups is 1. The summed E-state index contributed by atoms with van der Waals surface area (Å²) in [4.78, 5) is 22.5. The minimum Gasteiger partial charge on any atom is -0.314 e. The second-order valence-electron chi connectivity index (χ2n) is 5.44. The summed E-state index contributed by atoms with van der Waals surface area (Å²) in [6.07, 6.45) is 0. The van der Waals surface area contributed by atoms with E-state index in [1.165, 1.54) is 0 Å². The van der Waals surface area contributed by atoms with Gasteiger partial charge in [-0.1, -0.05) is 11.6 Å². The first kappa shape index (κ1) is 12.4. The van der Waals surface area contributed by atoms with Gasteiger partial charge in [0, 0.05) is 18.1 Å². The Morgan fingerprint density at radius 2 is 1.95 bits per heavy atom. The van der Waals surface area contributed by atoms with Gasteiger partial charge in [0.05, 0.1) is 10.9 Å². The van der Waals surface area contributed by atoms with Gasteiger partial charge in [-0.15, -0.1) is 0 Å². The molecule has 0 N–H and O–H groups in total. The van der Waals surface area contributed by atoms with Gasteiger partial charge in [-0.25, -0.2) is 9.97 Å². The molecule has 1 aromatic heterocycles. The monoisotopic (exact) mass is 275 g/mol. The Morgan fingerprint density at radius 1 is 1.26 bits per heavy atom. The number of carbonyl (C=O) groups excluding carboxylic acids is 1. The summed E-state index contributed by atoms with van der Waals surface area (Å²) in [6, 6.07) is 3.85. The molecule has 0 radical (unpaired) electrons. The molecular weight excluding hydrogens is 262 g/mol. The fourth-order valence-corrected chi connectivity index (χ4v) is 2.93. The summed E-state index contributed by atoms with van der Waals surface area (Å²) < 4.78 is 0. The molecular formula is C14H14ClN3O. The summed E-state index contributed by atoms with van der Waals surface area (Å²) in [5.74, 6) is 0.710. The molecule has 0 aliphatic carbocycles. The maximum absolute atomic E-state index is 12.3. The highest BCUT2D eigenvalue weighted by molar-refractivity contribution is 6.34. The van der Waals surface area contributed by atoms with Crippen molar-refractivity contribution in [2.45, 2.75) is 26.2 Å². The Labute approximate surface area is 116 Å². The van der Waals surface area contributed by atoms with E-state index in [1.54, 1.807) is 18.9 Å². The van der Waals surface area contributed by atoms with Gasteiger partial charge in [-0.05, 0) is 38.5 Å². The second kappa shape index (κ2) is 3.67. The lowest BCUT2D eigenvalue weighted by molar-refractivity contribution is -0.121. The van der Waals surface area contributed by atoms with Gasteiger partial charge in [-0.3, -0.25) is 4.79 Å². The van der Waals surface area contributed by atoms with Crippen LogP contribution in [0.1, 0.15) is 25.2 Å². The van der Waals surface area contributed by atoms with Crippen LogP contribution in [0.4, 0.5) is 5.69 Å². The highest BCUT2D eigenvalue weighted by Gasteiger charge is 2.42. The maximum Gasteiger partial charge on any atom is 0.236 e. The predicted molar refractivity (Wildman–Crippen MR) is 75.7 cm³/mol. The second-order valence-corrected chi connectivity index (χ2v) is 5.80. The topological polar surface area (TPSA) is 46.1 Å². The first-order valence-electron chi connectivity index (χ1n) is 6.09.